The maximum Gasteiger partial charge on any atom is 0.343 e. The molecule has 0 unspecified atom stereocenters. The van der Waals surface area contributed by atoms with Gasteiger partial charge in [0.2, 0.25) is 0 Å². The van der Waals surface area contributed by atoms with Crippen molar-refractivity contribution < 1.29 is 42.9 Å². The summed E-state index contributed by atoms with van der Waals surface area (Å²) in [6, 6.07) is 17.4. The van der Waals surface area contributed by atoms with Crippen LogP contribution in [0.5, 0.6) is 17.2 Å². The average molecular weight is 633 g/mol. The van der Waals surface area contributed by atoms with Crippen molar-refractivity contribution in [3.63, 3.8) is 0 Å². The van der Waals surface area contributed by atoms with Crippen molar-refractivity contribution >= 4 is 34.6 Å². The molecule has 0 aliphatic rings. The van der Waals surface area contributed by atoms with Crippen LogP contribution in [-0.4, -0.2) is 43.7 Å². The number of fused-ring (bicyclic) bond motifs is 1. The number of unbranched alkanes of at least 4 members (excludes halogenated alkanes) is 7. The van der Waals surface area contributed by atoms with Gasteiger partial charge in [0.15, 0.2) is 0 Å². The third kappa shape index (κ3) is 13.5. The molecule has 0 fully saturated rings. The van der Waals surface area contributed by atoms with Crippen LogP contribution < -0.4 is 14.2 Å². The minimum Gasteiger partial charge on any atom is -0.494 e. The maximum atomic E-state index is 12.6. The highest BCUT2D eigenvalue weighted by atomic mass is 16.5. The Balaban J connectivity index is 1.20. The van der Waals surface area contributed by atoms with Crippen LogP contribution in [0.15, 0.2) is 72.8 Å². The molecule has 0 atom stereocenters. The zero-order chi connectivity index (χ0) is 33.1. The van der Waals surface area contributed by atoms with Gasteiger partial charge in [-0.1, -0.05) is 44.4 Å². The summed E-state index contributed by atoms with van der Waals surface area (Å²) in [4.78, 5) is 46.9. The Kier molecular flexibility index (Phi) is 15.3. The summed E-state index contributed by atoms with van der Waals surface area (Å²) in [5.74, 6) is 0.169. The van der Waals surface area contributed by atoms with Gasteiger partial charge < -0.3 is 23.7 Å². The number of ether oxygens (including phenoxy) is 5. The molecule has 0 amide bonds. The van der Waals surface area contributed by atoms with E-state index in [1.54, 1.807) is 67.6 Å². The van der Waals surface area contributed by atoms with Crippen LogP contribution in [0.25, 0.3) is 10.8 Å². The molecule has 0 heterocycles. The molecule has 0 radical (unpaired) electrons. The lowest BCUT2D eigenvalue weighted by Crippen LogP contribution is -2.08. The molecule has 0 saturated heterocycles. The average Bonchev–Trinajstić information content (AvgIpc) is 3.03. The molecular weight excluding hydrogens is 588 g/mol. The zero-order valence-corrected chi connectivity index (χ0v) is 26.8. The van der Waals surface area contributed by atoms with E-state index in [-0.39, 0.29) is 17.9 Å². The van der Waals surface area contributed by atoms with E-state index < -0.39 is 5.97 Å². The Bertz CT molecular complexity index is 1460. The predicted molar refractivity (Wildman–Crippen MR) is 175 cm³/mol. The van der Waals surface area contributed by atoms with Gasteiger partial charge in [0.05, 0.1) is 25.4 Å². The summed E-state index contributed by atoms with van der Waals surface area (Å²) in [5, 5.41) is 1.71. The van der Waals surface area contributed by atoms with E-state index in [0.717, 1.165) is 68.6 Å². The van der Waals surface area contributed by atoms with Crippen molar-refractivity contribution in [1.82, 2.24) is 0 Å². The van der Waals surface area contributed by atoms with E-state index in [1.165, 1.54) is 6.92 Å². The van der Waals surface area contributed by atoms with Crippen molar-refractivity contribution in [2.75, 3.05) is 19.8 Å². The van der Waals surface area contributed by atoms with Crippen molar-refractivity contribution in [2.45, 2.75) is 78.1 Å². The molecule has 0 aliphatic heterocycles. The van der Waals surface area contributed by atoms with Crippen LogP contribution in [0, 0.1) is 0 Å². The first kappa shape index (κ1) is 35.8. The van der Waals surface area contributed by atoms with Crippen LogP contribution in [0.3, 0.4) is 0 Å². The van der Waals surface area contributed by atoms with Gasteiger partial charge in [-0.15, -0.1) is 0 Å². The number of hydrogen-bond acceptors (Lipinski definition) is 9. The second-order valence-electron chi connectivity index (χ2n) is 11.1. The lowest BCUT2D eigenvalue weighted by molar-refractivity contribution is -0.144. The van der Waals surface area contributed by atoms with Gasteiger partial charge in [0.1, 0.15) is 17.2 Å². The van der Waals surface area contributed by atoms with Gasteiger partial charge in [-0.2, -0.15) is 0 Å². The van der Waals surface area contributed by atoms with Crippen LogP contribution in [0.2, 0.25) is 0 Å². The highest BCUT2D eigenvalue weighted by Gasteiger charge is 2.10. The van der Waals surface area contributed by atoms with E-state index in [1.807, 2.05) is 0 Å². The molecule has 0 aromatic heterocycles. The molecule has 9 nitrogen and oxygen atoms in total. The summed E-state index contributed by atoms with van der Waals surface area (Å²) in [6.07, 6.45) is 8.62. The van der Waals surface area contributed by atoms with E-state index in [9.17, 15) is 19.2 Å². The molecular formula is C37H44O9. The maximum absolute atomic E-state index is 12.6. The number of hydrogen-bond donors (Lipinski definition) is 0. The summed E-state index contributed by atoms with van der Waals surface area (Å²) < 4.78 is 26.8. The minimum atomic E-state index is -0.465. The smallest absolute Gasteiger partial charge is 0.343 e. The van der Waals surface area contributed by atoms with E-state index >= 15 is 0 Å². The molecule has 46 heavy (non-hydrogen) atoms. The molecule has 0 aliphatic carbocycles. The molecule has 3 rings (SSSR count). The van der Waals surface area contributed by atoms with Crippen molar-refractivity contribution in [3.05, 3.63) is 78.4 Å². The van der Waals surface area contributed by atoms with Gasteiger partial charge >= 0.3 is 23.9 Å². The van der Waals surface area contributed by atoms with Gasteiger partial charge in [-0.25, -0.2) is 9.59 Å². The van der Waals surface area contributed by atoms with E-state index in [0.29, 0.717) is 54.6 Å². The number of carbonyl (C=O) groups is 4. The number of carbonyl (C=O) groups excluding carboxylic acids is 4. The quantitative estimate of drug-likeness (QED) is 0.0530. The Hall–Kier alpha value is -4.66. The highest BCUT2D eigenvalue weighted by molar-refractivity contribution is 5.92. The standard InChI is InChI=1S/C37H44O9/c1-27(2)36(40)44-24-12-8-9-13-35(39)43-23-11-7-5-4-6-10-22-42-32-18-14-29(15-19-32)37(41)46-34-21-17-30-25-33(45-28(3)38)20-16-31(30)26-34/h14-21,25-26H,1,4-13,22-24H2,2-3H3. The molecule has 3 aromatic rings. The lowest BCUT2D eigenvalue weighted by Gasteiger charge is -2.09. The Labute approximate surface area is 270 Å². The number of esters is 4. The first-order chi connectivity index (χ1) is 22.2. The Morgan fingerprint density at radius 1 is 0.587 bits per heavy atom. The van der Waals surface area contributed by atoms with Gasteiger partial charge in [-0.05, 0) is 98.3 Å². The van der Waals surface area contributed by atoms with Crippen molar-refractivity contribution in [2.24, 2.45) is 0 Å². The molecule has 9 heteroatoms. The monoisotopic (exact) mass is 632 g/mol. The molecule has 3 aromatic carbocycles. The second kappa shape index (κ2) is 19.7. The fraction of sp³-hybridized carbons (Fsp3) is 0.405. The topological polar surface area (TPSA) is 114 Å². The van der Waals surface area contributed by atoms with Crippen LogP contribution in [-0.2, 0) is 23.9 Å². The second-order valence-corrected chi connectivity index (χ2v) is 11.1. The Morgan fingerprint density at radius 3 is 1.72 bits per heavy atom. The summed E-state index contributed by atoms with van der Waals surface area (Å²) in [6.45, 7) is 7.88. The zero-order valence-electron chi connectivity index (χ0n) is 26.8. The molecule has 0 spiro atoms. The fourth-order valence-electron chi connectivity index (χ4n) is 4.54. The number of rotatable bonds is 20. The van der Waals surface area contributed by atoms with Crippen LogP contribution in [0.4, 0.5) is 0 Å². The minimum absolute atomic E-state index is 0.177. The molecule has 0 bridgehead atoms. The van der Waals surface area contributed by atoms with Crippen LogP contribution >= 0.6 is 0 Å². The summed E-state index contributed by atoms with van der Waals surface area (Å²) >= 11 is 0. The predicted octanol–water partition coefficient (Wildman–Crippen LogP) is 7.93. The molecule has 0 saturated carbocycles. The summed E-state index contributed by atoms with van der Waals surface area (Å²) in [5.41, 5.74) is 0.807. The molecule has 246 valence electrons. The van der Waals surface area contributed by atoms with E-state index in [2.05, 4.69) is 6.58 Å². The van der Waals surface area contributed by atoms with Gasteiger partial charge in [0.25, 0.3) is 0 Å². The summed E-state index contributed by atoms with van der Waals surface area (Å²) in [7, 11) is 0. The van der Waals surface area contributed by atoms with E-state index in [4.69, 9.17) is 23.7 Å². The highest BCUT2D eigenvalue weighted by Crippen LogP contribution is 2.26. The third-order valence-corrected chi connectivity index (χ3v) is 7.02. The first-order valence-corrected chi connectivity index (χ1v) is 15.9. The largest absolute Gasteiger partial charge is 0.494 e. The Morgan fingerprint density at radius 2 is 1.11 bits per heavy atom. The lowest BCUT2D eigenvalue weighted by atomic mass is 10.1. The first-order valence-electron chi connectivity index (χ1n) is 15.9. The van der Waals surface area contributed by atoms with Crippen molar-refractivity contribution in [1.29, 1.82) is 0 Å². The fourth-order valence-corrected chi connectivity index (χ4v) is 4.54. The van der Waals surface area contributed by atoms with Gasteiger partial charge in [-0.3, -0.25) is 9.59 Å². The molecule has 0 N–H and O–H groups in total. The van der Waals surface area contributed by atoms with Crippen LogP contribution in [0.1, 0.15) is 88.4 Å². The van der Waals surface area contributed by atoms with Crippen molar-refractivity contribution in [3.8, 4) is 17.2 Å². The van der Waals surface area contributed by atoms with Gasteiger partial charge in [0, 0.05) is 18.9 Å². The third-order valence-electron chi connectivity index (χ3n) is 7.02. The SMILES string of the molecule is C=C(C)C(=O)OCCCCCC(=O)OCCCCCCCCOc1ccc(C(=O)Oc2ccc3cc(OC(C)=O)ccc3c2)cc1. The normalized spacial score (nSPS) is 10.7. The number of benzene rings is 3.